The molecule has 1 aromatic heterocycles. The number of halogens is 4. The highest BCUT2D eigenvalue weighted by atomic mass is 35.5. The summed E-state index contributed by atoms with van der Waals surface area (Å²) in [5, 5.41) is 3.22. The zero-order chi connectivity index (χ0) is 15.5. The zero-order valence-electron chi connectivity index (χ0n) is 10.7. The molecule has 1 heterocycles. The van der Waals surface area contributed by atoms with Crippen molar-refractivity contribution in [3.8, 4) is 0 Å². The van der Waals surface area contributed by atoms with Crippen molar-refractivity contribution < 1.29 is 13.2 Å². The van der Waals surface area contributed by atoms with Crippen molar-refractivity contribution in [3.05, 3.63) is 57.0 Å². The Morgan fingerprint density at radius 2 is 2.00 bits per heavy atom. The minimum Gasteiger partial charge on any atom is -0.355 e. The van der Waals surface area contributed by atoms with Gasteiger partial charge in [0, 0.05) is 17.6 Å². The fraction of sp³-hybridized carbons (Fsp3) is 0.231. The van der Waals surface area contributed by atoms with Gasteiger partial charge in [-0.15, -0.1) is 0 Å². The first-order valence-corrected chi connectivity index (χ1v) is 6.40. The van der Waals surface area contributed by atoms with Gasteiger partial charge < -0.3 is 5.32 Å². The lowest BCUT2D eigenvalue weighted by Gasteiger charge is -2.09. The number of benzene rings is 1. The van der Waals surface area contributed by atoms with Gasteiger partial charge in [0.1, 0.15) is 0 Å². The fourth-order valence-electron chi connectivity index (χ4n) is 1.70. The van der Waals surface area contributed by atoms with E-state index in [0.29, 0.717) is 17.5 Å². The third kappa shape index (κ3) is 4.22. The molecule has 1 aromatic carbocycles. The predicted molar refractivity (Wildman–Crippen MR) is 73.5 cm³/mol. The molecule has 0 radical (unpaired) electrons. The number of hydrogen-bond acceptors (Lipinski definition) is 3. The normalized spacial score (nSPS) is 11.4. The molecule has 112 valence electrons. The van der Waals surface area contributed by atoms with Gasteiger partial charge in [0.05, 0.1) is 0 Å². The molecule has 0 atom stereocenters. The van der Waals surface area contributed by atoms with Crippen molar-refractivity contribution in [2.75, 3.05) is 11.9 Å². The van der Waals surface area contributed by atoms with Gasteiger partial charge in [-0.05, 0) is 18.1 Å². The van der Waals surface area contributed by atoms with Crippen LogP contribution in [0.15, 0.2) is 35.1 Å². The Balaban J connectivity index is 2.06. The average molecular weight is 318 g/mol. The molecule has 21 heavy (non-hydrogen) atoms. The van der Waals surface area contributed by atoms with Gasteiger partial charge in [-0.25, -0.2) is 4.98 Å². The van der Waals surface area contributed by atoms with Gasteiger partial charge in [-0.1, -0.05) is 29.8 Å². The third-order valence-electron chi connectivity index (χ3n) is 2.68. The van der Waals surface area contributed by atoms with E-state index >= 15 is 0 Å². The molecule has 4 nitrogen and oxygen atoms in total. The summed E-state index contributed by atoms with van der Waals surface area (Å²) < 4.78 is 37.6. The zero-order valence-corrected chi connectivity index (χ0v) is 11.4. The lowest BCUT2D eigenvalue weighted by molar-refractivity contribution is -0.141. The average Bonchev–Trinajstić information content (AvgIpc) is 2.39. The Morgan fingerprint density at radius 3 is 2.67 bits per heavy atom. The van der Waals surface area contributed by atoms with E-state index in [-0.39, 0.29) is 12.5 Å². The largest absolute Gasteiger partial charge is 0.433 e. The van der Waals surface area contributed by atoms with Crippen molar-refractivity contribution in [2.24, 2.45) is 0 Å². The van der Waals surface area contributed by atoms with Crippen molar-refractivity contribution in [3.63, 3.8) is 0 Å². The first-order valence-electron chi connectivity index (χ1n) is 6.02. The number of hydrogen-bond donors (Lipinski definition) is 2. The Kier molecular flexibility index (Phi) is 4.52. The maximum Gasteiger partial charge on any atom is 0.433 e. The van der Waals surface area contributed by atoms with Crippen molar-refractivity contribution in [1.82, 2.24) is 9.97 Å². The van der Waals surface area contributed by atoms with E-state index in [1.807, 2.05) is 12.1 Å². The summed E-state index contributed by atoms with van der Waals surface area (Å²) >= 11 is 5.97. The van der Waals surface area contributed by atoms with Gasteiger partial charge in [-0.3, -0.25) is 9.78 Å². The van der Waals surface area contributed by atoms with E-state index in [1.54, 1.807) is 12.1 Å². The lowest BCUT2D eigenvalue weighted by Crippen LogP contribution is -2.19. The number of aromatic amines is 1. The van der Waals surface area contributed by atoms with E-state index in [2.05, 4.69) is 15.3 Å². The van der Waals surface area contributed by atoms with Gasteiger partial charge in [0.15, 0.2) is 5.69 Å². The summed E-state index contributed by atoms with van der Waals surface area (Å²) in [4.78, 5) is 16.7. The van der Waals surface area contributed by atoms with Crippen molar-refractivity contribution in [2.45, 2.75) is 12.6 Å². The summed E-state index contributed by atoms with van der Waals surface area (Å²) in [6.45, 7) is 0.286. The quantitative estimate of drug-likeness (QED) is 0.911. The number of alkyl halides is 3. The highest BCUT2D eigenvalue weighted by Gasteiger charge is 2.33. The van der Waals surface area contributed by atoms with Crippen LogP contribution in [0.3, 0.4) is 0 Å². The lowest BCUT2D eigenvalue weighted by atomic mass is 10.1. The van der Waals surface area contributed by atoms with Crippen LogP contribution in [-0.4, -0.2) is 16.5 Å². The fourth-order valence-corrected chi connectivity index (χ4v) is 1.93. The van der Waals surface area contributed by atoms with Crippen LogP contribution in [0.5, 0.6) is 0 Å². The van der Waals surface area contributed by atoms with Crippen LogP contribution in [0, 0.1) is 0 Å². The molecular formula is C13H11ClF3N3O. The van der Waals surface area contributed by atoms with Crippen LogP contribution in [0.25, 0.3) is 0 Å². The van der Waals surface area contributed by atoms with Crippen LogP contribution in [0.4, 0.5) is 19.1 Å². The van der Waals surface area contributed by atoms with Crippen molar-refractivity contribution in [1.29, 1.82) is 0 Å². The predicted octanol–water partition coefficient (Wildman–Crippen LogP) is 3.10. The Labute approximate surface area is 123 Å². The molecule has 8 heteroatoms. The molecular weight excluding hydrogens is 307 g/mol. The standard InChI is InChI=1S/C13H11ClF3N3O/c14-9-4-2-1-3-8(9)5-6-18-12-19-10(13(15,16)17)7-11(21)20-12/h1-4,7H,5-6H2,(H2,18,19,20,21). The van der Waals surface area contributed by atoms with Crippen LogP contribution < -0.4 is 10.9 Å². The van der Waals surface area contributed by atoms with Crippen LogP contribution in [0.2, 0.25) is 5.02 Å². The SMILES string of the molecule is O=c1cc(C(F)(F)F)nc(NCCc2ccccc2Cl)[nH]1. The molecule has 0 unspecified atom stereocenters. The maximum absolute atomic E-state index is 12.5. The third-order valence-corrected chi connectivity index (χ3v) is 3.05. The molecule has 2 N–H and O–H groups in total. The molecule has 0 spiro atoms. The van der Waals surface area contributed by atoms with Gasteiger partial charge in [0.25, 0.3) is 5.56 Å². The number of nitrogens with zero attached hydrogens (tertiary/aromatic N) is 1. The topological polar surface area (TPSA) is 57.8 Å². The number of anilines is 1. The molecule has 0 fully saturated rings. The first kappa shape index (κ1) is 15.4. The Morgan fingerprint density at radius 1 is 1.29 bits per heavy atom. The summed E-state index contributed by atoms with van der Waals surface area (Å²) in [5.41, 5.74) is -1.25. The molecule has 2 rings (SSSR count). The van der Waals surface area contributed by atoms with Gasteiger partial charge >= 0.3 is 6.18 Å². The Hall–Kier alpha value is -2.02. The molecule has 0 aliphatic carbocycles. The van der Waals surface area contributed by atoms with Crippen LogP contribution >= 0.6 is 11.6 Å². The Bertz CT molecular complexity index is 685. The van der Waals surface area contributed by atoms with E-state index in [9.17, 15) is 18.0 Å². The van der Waals surface area contributed by atoms with E-state index in [0.717, 1.165) is 5.56 Å². The molecule has 0 aliphatic rings. The van der Waals surface area contributed by atoms with Gasteiger partial charge in [-0.2, -0.15) is 13.2 Å². The highest BCUT2D eigenvalue weighted by Crippen LogP contribution is 2.26. The molecule has 0 amide bonds. The van der Waals surface area contributed by atoms with E-state index < -0.39 is 17.4 Å². The second kappa shape index (κ2) is 6.17. The summed E-state index contributed by atoms with van der Waals surface area (Å²) in [7, 11) is 0. The minimum absolute atomic E-state index is 0.220. The van der Waals surface area contributed by atoms with E-state index in [4.69, 9.17) is 11.6 Å². The number of aromatic nitrogens is 2. The minimum atomic E-state index is -4.66. The summed E-state index contributed by atoms with van der Waals surface area (Å²) in [6, 6.07) is 7.55. The molecule has 0 saturated heterocycles. The second-order valence-corrected chi connectivity index (χ2v) is 4.65. The summed E-state index contributed by atoms with van der Waals surface area (Å²) in [5.74, 6) is -0.220. The molecule has 0 bridgehead atoms. The monoisotopic (exact) mass is 317 g/mol. The number of rotatable bonds is 4. The number of H-pyrrole nitrogens is 1. The smallest absolute Gasteiger partial charge is 0.355 e. The van der Waals surface area contributed by atoms with Gasteiger partial charge in [0.2, 0.25) is 5.95 Å². The molecule has 0 saturated carbocycles. The summed E-state index contributed by atoms with van der Waals surface area (Å²) in [6.07, 6.45) is -4.17. The second-order valence-electron chi connectivity index (χ2n) is 4.25. The van der Waals surface area contributed by atoms with Crippen LogP contribution in [0.1, 0.15) is 11.3 Å². The van der Waals surface area contributed by atoms with Crippen LogP contribution in [-0.2, 0) is 12.6 Å². The maximum atomic E-state index is 12.5. The van der Waals surface area contributed by atoms with E-state index in [1.165, 1.54) is 0 Å². The first-order chi connectivity index (χ1) is 9.86. The molecule has 0 aliphatic heterocycles. The highest BCUT2D eigenvalue weighted by molar-refractivity contribution is 6.31. The van der Waals surface area contributed by atoms with Crippen molar-refractivity contribution >= 4 is 17.5 Å². The molecule has 2 aromatic rings. The number of nitrogens with one attached hydrogen (secondary N) is 2.